The van der Waals surface area contributed by atoms with E-state index < -0.39 is 0 Å². The average Bonchev–Trinajstić information content (AvgIpc) is 2.14. The molecule has 0 aromatic rings. The second-order valence-corrected chi connectivity index (χ2v) is 1.77. The Kier molecular flexibility index (Phi) is 1.33. The molecular weight excluding hydrogens is 102 g/mol. The Morgan fingerprint density at radius 2 is 2.50 bits per heavy atom. The Hall–Kier alpha value is -0.790. The van der Waals surface area contributed by atoms with Crippen LogP contribution in [0, 0.1) is 0 Å². The predicted molar refractivity (Wildman–Crippen MR) is 33.0 cm³/mol. The number of nitrogens with zero attached hydrogens (tertiary/aromatic N) is 1. The van der Waals surface area contributed by atoms with E-state index in [0.29, 0.717) is 6.04 Å². The normalized spacial score (nSPS) is 25.8. The predicted octanol–water partition coefficient (Wildman–Crippen LogP) is 0.990. The molecule has 0 amide bonds. The molecule has 1 aliphatic rings. The lowest BCUT2D eigenvalue weighted by Gasteiger charge is -1.92. The first kappa shape index (κ1) is 5.35. The monoisotopic (exact) mass is 111 g/mol. The van der Waals surface area contributed by atoms with Gasteiger partial charge in [-0.15, -0.1) is 0 Å². The molecule has 0 N–H and O–H groups in total. The third kappa shape index (κ3) is 0.886. The van der Waals surface area contributed by atoms with Crippen LogP contribution >= 0.6 is 0 Å². The first-order valence-electron chi connectivity index (χ1n) is 2.63. The van der Waals surface area contributed by atoms with E-state index >= 15 is 0 Å². The molecule has 0 aliphatic carbocycles. The van der Waals surface area contributed by atoms with Crippen LogP contribution in [0.3, 0.4) is 0 Å². The average molecular weight is 111 g/mol. The number of ether oxygens (including phenoxy) is 1. The van der Waals surface area contributed by atoms with Gasteiger partial charge in [0.05, 0.1) is 13.2 Å². The van der Waals surface area contributed by atoms with Crippen molar-refractivity contribution in [1.29, 1.82) is 0 Å². The van der Waals surface area contributed by atoms with Gasteiger partial charge in [0.1, 0.15) is 0 Å². The van der Waals surface area contributed by atoms with Gasteiger partial charge >= 0.3 is 0 Å². The molecule has 0 spiro atoms. The molecule has 0 bridgehead atoms. The quantitative estimate of drug-likeness (QED) is 0.456. The summed E-state index contributed by atoms with van der Waals surface area (Å²) in [5, 5.41) is 0. The van der Waals surface area contributed by atoms with Gasteiger partial charge in [0.2, 0.25) is 5.90 Å². The lowest BCUT2D eigenvalue weighted by molar-refractivity contribution is 0.406. The molecule has 0 aromatic heterocycles. The van der Waals surface area contributed by atoms with Gasteiger partial charge in [0.15, 0.2) is 0 Å². The molecule has 1 heterocycles. The minimum atomic E-state index is 0.310. The zero-order valence-electron chi connectivity index (χ0n) is 5.09. The molecule has 0 saturated heterocycles. The van der Waals surface area contributed by atoms with Crippen molar-refractivity contribution in [2.75, 3.05) is 7.11 Å². The summed E-state index contributed by atoms with van der Waals surface area (Å²) in [4.78, 5) is 4.09. The highest BCUT2D eigenvalue weighted by Gasteiger charge is 2.03. The van der Waals surface area contributed by atoms with Crippen molar-refractivity contribution in [3.8, 4) is 0 Å². The second kappa shape index (κ2) is 1.99. The fourth-order valence-electron chi connectivity index (χ4n) is 0.629. The van der Waals surface area contributed by atoms with Crippen LogP contribution in [0.15, 0.2) is 17.1 Å². The lowest BCUT2D eigenvalue weighted by Crippen LogP contribution is -1.93. The maximum absolute atomic E-state index is 4.84. The number of hydrogen-bond donors (Lipinski definition) is 0. The summed E-state index contributed by atoms with van der Waals surface area (Å²) in [6.45, 7) is 2.02. The summed E-state index contributed by atoms with van der Waals surface area (Å²) in [7, 11) is 1.63. The molecule has 0 radical (unpaired) electrons. The van der Waals surface area contributed by atoms with Crippen LogP contribution in [0.2, 0.25) is 0 Å². The van der Waals surface area contributed by atoms with Crippen LogP contribution in [0.1, 0.15) is 6.92 Å². The van der Waals surface area contributed by atoms with E-state index in [1.807, 2.05) is 19.1 Å². The molecule has 0 aromatic carbocycles. The molecule has 0 saturated carbocycles. The topological polar surface area (TPSA) is 21.6 Å². The maximum atomic E-state index is 4.84. The van der Waals surface area contributed by atoms with Gasteiger partial charge in [0, 0.05) is 0 Å². The van der Waals surface area contributed by atoms with Gasteiger partial charge in [-0.2, -0.15) is 0 Å². The van der Waals surface area contributed by atoms with E-state index in [-0.39, 0.29) is 0 Å². The van der Waals surface area contributed by atoms with Crippen LogP contribution in [-0.4, -0.2) is 19.0 Å². The van der Waals surface area contributed by atoms with Crippen molar-refractivity contribution >= 4 is 5.90 Å². The number of methoxy groups -OCH3 is 1. The molecule has 1 unspecified atom stereocenters. The van der Waals surface area contributed by atoms with E-state index in [1.165, 1.54) is 0 Å². The van der Waals surface area contributed by atoms with Crippen LogP contribution in [0.4, 0.5) is 0 Å². The molecule has 0 fully saturated rings. The highest BCUT2D eigenvalue weighted by molar-refractivity contribution is 5.89. The smallest absolute Gasteiger partial charge is 0.208 e. The second-order valence-electron chi connectivity index (χ2n) is 1.77. The van der Waals surface area contributed by atoms with Gasteiger partial charge in [-0.1, -0.05) is 6.08 Å². The van der Waals surface area contributed by atoms with Crippen LogP contribution < -0.4 is 0 Å². The molecule has 1 rings (SSSR count). The highest BCUT2D eigenvalue weighted by atomic mass is 16.5. The van der Waals surface area contributed by atoms with Crippen molar-refractivity contribution in [3.63, 3.8) is 0 Å². The largest absolute Gasteiger partial charge is 0.481 e. The highest BCUT2D eigenvalue weighted by Crippen LogP contribution is 2.02. The maximum Gasteiger partial charge on any atom is 0.208 e. The molecule has 2 heteroatoms. The first-order chi connectivity index (χ1) is 3.83. The van der Waals surface area contributed by atoms with E-state index in [9.17, 15) is 0 Å². The Morgan fingerprint density at radius 1 is 1.75 bits per heavy atom. The summed E-state index contributed by atoms with van der Waals surface area (Å²) in [5.41, 5.74) is 0. The van der Waals surface area contributed by atoms with E-state index in [1.54, 1.807) is 7.11 Å². The zero-order valence-corrected chi connectivity index (χ0v) is 5.09. The van der Waals surface area contributed by atoms with Crippen LogP contribution in [-0.2, 0) is 4.74 Å². The minimum absolute atomic E-state index is 0.310. The number of aliphatic imine (C=N–C) groups is 1. The van der Waals surface area contributed by atoms with Crippen LogP contribution in [0.25, 0.3) is 0 Å². The Morgan fingerprint density at radius 3 is 2.75 bits per heavy atom. The van der Waals surface area contributed by atoms with Gasteiger partial charge in [0.25, 0.3) is 0 Å². The first-order valence-corrected chi connectivity index (χ1v) is 2.63. The van der Waals surface area contributed by atoms with Gasteiger partial charge in [-0.05, 0) is 13.0 Å². The van der Waals surface area contributed by atoms with E-state index in [4.69, 9.17) is 4.74 Å². The molecule has 2 nitrogen and oxygen atoms in total. The van der Waals surface area contributed by atoms with Crippen molar-refractivity contribution in [2.45, 2.75) is 13.0 Å². The molecule has 8 heavy (non-hydrogen) atoms. The van der Waals surface area contributed by atoms with Gasteiger partial charge in [-0.25, -0.2) is 4.99 Å². The van der Waals surface area contributed by atoms with E-state index in [0.717, 1.165) is 5.90 Å². The van der Waals surface area contributed by atoms with Crippen molar-refractivity contribution in [1.82, 2.24) is 0 Å². The molecule has 44 valence electrons. The number of hydrogen-bond acceptors (Lipinski definition) is 2. The zero-order chi connectivity index (χ0) is 5.98. The van der Waals surface area contributed by atoms with Crippen molar-refractivity contribution in [2.24, 2.45) is 4.99 Å². The van der Waals surface area contributed by atoms with Gasteiger partial charge < -0.3 is 4.74 Å². The third-order valence-corrected chi connectivity index (χ3v) is 1.06. The number of rotatable bonds is 0. The third-order valence-electron chi connectivity index (χ3n) is 1.06. The Balaban J connectivity index is 2.58. The fraction of sp³-hybridized carbons (Fsp3) is 0.500. The SMILES string of the molecule is COC1=NC(C)C=C1. The van der Waals surface area contributed by atoms with Gasteiger partial charge in [-0.3, -0.25) is 0 Å². The lowest BCUT2D eigenvalue weighted by atomic mass is 10.4. The van der Waals surface area contributed by atoms with Crippen molar-refractivity contribution in [3.05, 3.63) is 12.2 Å². The van der Waals surface area contributed by atoms with E-state index in [2.05, 4.69) is 4.99 Å². The summed E-state index contributed by atoms with van der Waals surface area (Å²) >= 11 is 0. The summed E-state index contributed by atoms with van der Waals surface area (Å²) in [5.74, 6) is 0.734. The minimum Gasteiger partial charge on any atom is -0.481 e. The summed E-state index contributed by atoms with van der Waals surface area (Å²) in [6, 6.07) is 0.310. The fourth-order valence-corrected chi connectivity index (χ4v) is 0.629. The summed E-state index contributed by atoms with van der Waals surface area (Å²) < 4.78 is 4.84. The van der Waals surface area contributed by atoms with Crippen molar-refractivity contribution < 1.29 is 4.74 Å². The molecule has 1 atom stereocenters. The molecule has 1 aliphatic heterocycles. The van der Waals surface area contributed by atoms with Crippen LogP contribution in [0.5, 0.6) is 0 Å². The molecular formula is C6H9NO. The summed E-state index contributed by atoms with van der Waals surface area (Å²) in [6.07, 6.45) is 3.88. The standard InChI is InChI=1S/C6H9NO/c1-5-3-4-6(7-5)8-2/h3-5H,1-2H3. The Bertz CT molecular complexity index is 137. The Labute approximate surface area is 48.9 Å².